The van der Waals surface area contributed by atoms with Crippen molar-refractivity contribution in [1.29, 1.82) is 0 Å². The van der Waals surface area contributed by atoms with Gasteiger partial charge in [0.2, 0.25) is 23.6 Å². The van der Waals surface area contributed by atoms with Gasteiger partial charge in [-0.2, -0.15) is 0 Å². The lowest BCUT2D eigenvalue weighted by atomic mass is 9.89. The van der Waals surface area contributed by atoms with Crippen LogP contribution in [-0.4, -0.2) is 172 Å². The predicted octanol–water partition coefficient (Wildman–Crippen LogP) is 5.27. The molecule has 0 aromatic heterocycles. The Morgan fingerprint density at radius 2 is 1.46 bits per heavy atom. The number of aliphatic hydroxyl groups excluding tert-OH is 1. The summed E-state index contributed by atoms with van der Waals surface area (Å²) in [5, 5.41) is 19.4. The fourth-order valence-electron chi connectivity index (χ4n) is 10.7. The van der Waals surface area contributed by atoms with Gasteiger partial charge in [-0.3, -0.25) is 53.1 Å². The number of methoxy groups -OCH3 is 2. The molecule has 0 saturated carbocycles. The molecule has 2 aromatic rings. The van der Waals surface area contributed by atoms with E-state index in [1.165, 1.54) is 50.5 Å². The van der Waals surface area contributed by atoms with Crippen LogP contribution in [0, 0.1) is 23.7 Å². The molecule has 2 aromatic carbocycles. The number of nitrogens with one attached hydrogen (secondary N) is 3. The van der Waals surface area contributed by atoms with Gasteiger partial charge in [-0.15, -0.1) is 0 Å². The van der Waals surface area contributed by atoms with Crippen LogP contribution in [0.15, 0.2) is 60.7 Å². The van der Waals surface area contributed by atoms with Crippen LogP contribution < -0.4 is 20.5 Å². The van der Waals surface area contributed by atoms with E-state index in [0.717, 1.165) is 15.9 Å². The quantitative estimate of drug-likeness (QED) is 0.0309. The first kappa shape index (κ1) is 68.3. The van der Waals surface area contributed by atoms with E-state index in [1.807, 2.05) is 32.0 Å². The lowest BCUT2D eigenvalue weighted by Crippen LogP contribution is -2.60. The standard InChI is InChI=1S/C58H88N7O16P/c1-13-37(6)51(45(78-11)33-48(68)64-31-21-24-43(64)53(79-12)38(7)54(70)60-39(8)52(69)41-22-17-16-18-23-41)62(9)57(73)49(35(2)3)61-56(72)50(36(4)5)63(10)58(74)80-34-40-25-26-44(81-82(75,76)77)42(32-40)55(71)59-29-19-14-15-20-30-65-46(66)27-28-47(65)67/h16-18,22-23,25-28,32,35-39,43,45,49-53,69H,13-15,19-21,24,29-31,33-34H2,1-12H3,(H,59,71)(H,60,70)(H,61,72)(H2,75,76,77)/t37-,38+,39+,43-,45+,49-,50-,51?,52+,53+/m0/s1. The first-order chi connectivity index (χ1) is 38.7. The maximum atomic E-state index is 14.7. The molecule has 23 nitrogen and oxygen atoms in total. The Morgan fingerprint density at radius 1 is 0.817 bits per heavy atom. The maximum Gasteiger partial charge on any atom is 0.524 e. The topological polar surface area (TPSA) is 300 Å². The summed E-state index contributed by atoms with van der Waals surface area (Å²) < 4.78 is 34.3. The fourth-order valence-corrected chi connectivity index (χ4v) is 11.1. The monoisotopic (exact) mass is 1170 g/mol. The molecule has 2 aliphatic rings. The highest BCUT2D eigenvalue weighted by molar-refractivity contribution is 7.46. The third-order valence-corrected chi connectivity index (χ3v) is 15.9. The summed E-state index contributed by atoms with van der Waals surface area (Å²) in [6.45, 7) is 14.8. The summed E-state index contributed by atoms with van der Waals surface area (Å²) in [7, 11) is 0.868. The molecular weight excluding hydrogens is 1080 g/mol. The number of ether oxygens (including phenoxy) is 3. The molecule has 1 saturated heterocycles. The molecule has 2 aliphatic heterocycles. The zero-order valence-electron chi connectivity index (χ0n) is 49.6. The number of phosphoric ester groups is 1. The number of likely N-dealkylation sites (tertiary alicyclic amines) is 1. The number of phosphoric acid groups is 1. The molecule has 0 radical (unpaired) electrons. The Labute approximate surface area is 482 Å². The number of imide groups is 1. The minimum Gasteiger partial charge on any atom is -0.445 e. The van der Waals surface area contributed by atoms with E-state index in [-0.39, 0.29) is 60.2 Å². The Morgan fingerprint density at radius 3 is 2.05 bits per heavy atom. The number of benzene rings is 2. The number of carbonyl (C=O) groups is 8. The highest BCUT2D eigenvalue weighted by atomic mass is 31.2. The molecule has 6 N–H and O–H groups in total. The van der Waals surface area contributed by atoms with Gasteiger partial charge >= 0.3 is 13.9 Å². The maximum absolute atomic E-state index is 14.7. The average molecular weight is 1170 g/mol. The highest BCUT2D eigenvalue weighted by Gasteiger charge is 2.44. The van der Waals surface area contributed by atoms with E-state index in [9.17, 15) is 57.8 Å². The van der Waals surface area contributed by atoms with Crippen molar-refractivity contribution < 1.29 is 76.5 Å². The number of unbranched alkanes of at least 4 members (excludes halogenated alkanes) is 3. The number of aliphatic hydroxyl groups is 1. The molecule has 1 fully saturated rings. The van der Waals surface area contributed by atoms with Crippen molar-refractivity contribution in [3.8, 4) is 5.75 Å². The number of hydrogen-bond acceptors (Lipinski definition) is 14. The average Bonchev–Trinajstić information content (AvgIpc) is 4.21. The smallest absolute Gasteiger partial charge is 0.445 e. The second-order valence-electron chi connectivity index (χ2n) is 22.1. The molecular formula is C58H88N7O16P. The molecule has 0 aliphatic carbocycles. The van der Waals surface area contributed by atoms with E-state index < -0.39 is 110 Å². The molecule has 2 heterocycles. The second-order valence-corrected chi connectivity index (χ2v) is 23.2. The SMILES string of the molecule is CC[C@H](C)C([C@@H](CC(=O)N1CCC[C@H]1[C@H](OC)[C@@H](C)C(=O)N[C@H](C)[C@@H](O)c1ccccc1)OC)N(C)C(=O)[C@@H](NC(=O)[C@H](C(C)C)N(C)C(=O)OCc1ccc(OP(=O)(O)O)c(C(=O)NCCCCCCN2C(=O)C=CC2=O)c1)C(C)C. The summed E-state index contributed by atoms with van der Waals surface area (Å²) in [4.78, 5) is 132. The zero-order valence-corrected chi connectivity index (χ0v) is 50.5. The van der Waals surface area contributed by atoms with Crippen LogP contribution in [0.4, 0.5) is 4.79 Å². The van der Waals surface area contributed by atoms with E-state index >= 15 is 0 Å². The first-order valence-corrected chi connectivity index (χ1v) is 29.7. The third kappa shape index (κ3) is 18.9. The van der Waals surface area contributed by atoms with Crippen molar-refractivity contribution >= 4 is 55.3 Å². The number of rotatable bonds is 32. The summed E-state index contributed by atoms with van der Waals surface area (Å²) in [6.07, 6.45) is 3.26. The van der Waals surface area contributed by atoms with Crippen molar-refractivity contribution in [2.75, 3.05) is 47.9 Å². The molecule has 456 valence electrons. The van der Waals surface area contributed by atoms with Gasteiger partial charge in [0.25, 0.3) is 17.7 Å². The Balaban J connectivity index is 1.41. The van der Waals surface area contributed by atoms with Crippen LogP contribution in [-0.2, 0) is 54.1 Å². The van der Waals surface area contributed by atoms with E-state index in [0.29, 0.717) is 57.1 Å². The van der Waals surface area contributed by atoms with Gasteiger partial charge < -0.3 is 49.6 Å². The molecule has 8 amide bonds. The van der Waals surface area contributed by atoms with Gasteiger partial charge in [0.05, 0.1) is 54.3 Å². The minimum absolute atomic E-state index is 0.103. The van der Waals surface area contributed by atoms with Crippen LogP contribution >= 0.6 is 7.82 Å². The lowest BCUT2D eigenvalue weighted by Gasteiger charge is -2.41. The minimum atomic E-state index is -5.11. The second kappa shape index (κ2) is 32.0. The van der Waals surface area contributed by atoms with E-state index in [2.05, 4.69) is 16.0 Å². The van der Waals surface area contributed by atoms with Crippen molar-refractivity contribution in [2.24, 2.45) is 23.7 Å². The molecule has 1 unspecified atom stereocenters. The number of hydrogen-bond donors (Lipinski definition) is 6. The van der Waals surface area contributed by atoms with Gasteiger partial charge in [-0.1, -0.05) is 104 Å². The molecule has 4 rings (SSSR count). The van der Waals surface area contributed by atoms with Gasteiger partial charge in [0.1, 0.15) is 24.4 Å². The van der Waals surface area contributed by atoms with Gasteiger partial charge in [0, 0.05) is 60.1 Å². The van der Waals surface area contributed by atoms with Crippen LogP contribution in [0.1, 0.15) is 134 Å². The molecule has 82 heavy (non-hydrogen) atoms. The molecule has 24 heteroatoms. The summed E-state index contributed by atoms with van der Waals surface area (Å²) in [5.41, 5.74) is 0.669. The van der Waals surface area contributed by atoms with E-state index in [1.54, 1.807) is 65.6 Å². The summed E-state index contributed by atoms with van der Waals surface area (Å²) >= 11 is 0. The van der Waals surface area contributed by atoms with Crippen molar-refractivity contribution in [2.45, 2.75) is 162 Å². The number of amides is 8. The Bertz CT molecular complexity index is 2560. The molecule has 10 atom stereocenters. The predicted molar refractivity (Wildman–Crippen MR) is 304 cm³/mol. The van der Waals surface area contributed by atoms with Crippen molar-refractivity contribution in [3.05, 3.63) is 77.4 Å². The Kier molecular flexibility index (Phi) is 26.6. The summed E-state index contributed by atoms with van der Waals surface area (Å²) in [5.74, 6) is -5.35. The molecule has 0 bridgehead atoms. The highest BCUT2D eigenvalue weighted by Crippen LogP contribution is 2.39. The zero-order chi connectivity index (χ0) is 61.2. The number of carbonyl (C=O) groups excluding carboxylic acids is 8. The molecule has 0 spiro atoms. The summed E-state index contributed by atoms with van der Waals surface area (Å²) in [6, 6.07) is 8.88. The fraction of sp³-hybridized carbons (Fsp3) is 0.621. The lowest BCUT2D eigenvalue weighted by molar-refractivity contribution is -0.148. The van der Waals surface area contributed by atoms with Crippen molar-refractivity contribution in [1.82, 2.24) is 35.6 Å². The van der Waals surface area contributed by atoms with Crippen LogP contribution in [0.25, 0.3) is 0 Å². The van der Waals surface area contributed by atoms with Crippen molar-refractivity contribution in [3.63, 3.8) is 0 Å². The van der Waals surface area contributed by atoms with Gasteiger partial charge in [-0.05, 0) is 73.6 Å². The number of likely N-dealkylation sites (N-methyl/N-ethyl adjacent to an activating group) is 2. The van der Waals surface area contributed by atoms with Gasteiger partial charge in [0.15, 0.2) is 0 Å². The number of nitrogens with zero attached hydrogens (tertiary/aromatic N) is 4. The normalized spacial score (nSPS) is 17.8. The third-order valence-electron chi connectivity index (χ3n) is 15.4. The van der Waals surface area contributed by atoms with E-state index in [4.69, 9.17) is 18.7 Å². The van der Waals surface area contributed by atoms with Crippen LogP contribution in [0.5, 0.6) is 5.75 Å². The van der Waals surface area contributed by atoms with Crippen LogP contribution in [0.3, 0.4) is 0 Å². The Hall–Kier alpha value is -6.23. The largest absolute Gasteiger partial charge is 0.524 e. The first-order valence-electron chi connectivity index (χ1n) is 28.2. The van der Waals surface area contributed by atoms with Gasteiger partial charge in [-0.25, -0.2) is 9.36 Å². The van der Waals surface area contributed by atoms with Crippen LogP contribution in [0.2, 0.25) is 0 Å².